The fraction of sp³-hybridized carbons (Fsp3) is 0.368. The zero-order valence-electron chi connectivity index (χ0n) is 14.1. The monoisotopic (exact) mass is 394 g/mol. The molecule has 3 rings (SSSR count). The van der Waals surface area contributed by atoms with Gasteiger partial charge in [-0.1, -0.05) is 35.3 Å². The van der Waals surface area contributed by atoms with E-state index in [1.54, 1.807) is 6.07 Å². The van der Waals surface area contributed by atoms with Gasteiger partial charge in [-0.2, -0.15) is 0 Å². The molecule has 1 aromatic heterocycles. The Balaban J connectivity index is 1.59. The molecular weight excluding hydrogens is 375 g/mol. The number of nitrogens with one attached hydrogen (secondary N) is 1. The van der Waals surface area contributed by atoms with Crippen LogP contribution in [-0.2, 0) is 6.61 Å². The summed E-state index contributed by atoms with van der Waals surface area (Å²) < 4.78 is 5.66. The van der Waals surface area contributed by atoms with Crippen LogP contribution in [0.3, 0.4) is 0 Å². The first kappa shape index (κ1) is 19.0. The van der Waals surface area contributed by atoms with Crippen molar-refractivity contribution in [1.29, 1.82) is 0 Å². The third-order valence-corrected chi connectivity index (χ3v) is 4.90. The molecule has 138 valence electrons. The summed E-state index contributed by atoms with van der Waals surface area (Å²) in [7, 11) is 0. The molecule has 1 amide bonds. The van der Waals surface area contributed by atoms with Crippen molar-refractivity contribution in [2.75, 3.05) is 0 Å². The van der Waals surface area contributed by atoms with Crippen LogP contribution in [0.15, 0.2) is 36.5 Å². The van der Waals surface area contributed by atoms with Crippen molar-refractivity contribution in [3.8, 4) is 5.75 Å². The van der Waals surface area contributed by atoms with E-state index in [9.17, 15) is 9.90 Å². The fourth-order valence-electron chi connectivity index (χ4n) is 2.92. The van der Waals surface area contributed by atoms with E-state index >= 15 is 0 Å². The summed E-state index contributed by atoms with van der Waals surface area (Å²) in [6, 6.07) is 8.91. The summed E-state index contributed by atoms with van der Waals surface area (Å²) in [5.74, 6) is 0.138. The van der Waals surface area contributed by atoms with Gasteiger partial charge in [0.15, 0.2) is 5.75 Å². The first-order valence-corrected chi connectivity index (χ1v) is 9.28. The Morgan fingerprint density at radius 2 is 2.00 bits per heavy atom. The van der Waals surface area contributed by atoms with Gasteiger partial charge in [0, 0.05) is 11.1 Å². The largest absolute Gasteiger partial charge is 0.486 e. The highest BCUT2D eigenvalue weighted by molar-refractivity contribution is 6.32. The van der Waals surface area contributed by atoms with Gasteiger partial charge in [-0.3, -0.25) is 4.79 Å². The molecule has 0 saturated heterocycles. The van der Waals surface area contributed by atoms with Crippen molar-refractivity contribution in [3.05, 3.63) is 57.8 Å². The first-order valence-electron chi connectivity index (χ1n) is 8.53. The van der Waals surface area contributed by atoms with E-state index in [1.165, 1.54) is 12.3 Å². The van der Waals surface area contributed by atoms with Gasteiger partial charge < -0.3 is 15.2 Å². The third kappa shape index (κ3) is 5.10. The lowest BCUT2D eigenvalue weighted by Gasteiger charge is -2.26. The highest BCUT2D eigenvalue weighted by Crippen LogP contribution is 2.25. The van der Waals surface area contributed by atoms with Crippen LogP contribution in [-0.4, -0.2) is 28.1 Å². The highest BCUT2D eigenvalue weighted by Gasteiger charge is 2.22. The number of carbonyl (C=O) groups excluding carboxylic acids is 1. The zero-order chi connectivity index (χ0) is 18.5. The highest BCUT2D eigenvalue weighted by atomic mass is 35.5. The molecule has 1 heterocycles. The number of ether oxygens (including phenoxy) is 1. The lowest BCUT2D eigenvalue weighted by Crippen LogP contribution is -2.38. The average Bonchev–Trinajstić information content (AvgIpc) is 2.62. The van der Waals surface area contributed by atoms with Gasteiger partial charge >= 0.3 is 0 Å². The summed E-state index contributed by atoms with van der Waals surface area (Å²) in [6.07, 6.45) is 4.13. The van der Waals surface area contributed by atoms with Gasteiger partial charge in [-0.05, 0) is 49.4 Å². The standard InChI is InChI=1S/C19H20Cl2N2O3/c20-13-3-1-2-12(8-13)11-26-18-10-22-17(9-16(18)21)19(25)23-14-4-6-15(24)7-5-14/h1-3,8-10,14-15,24H,4-7,11H2,(H,23,25). The van der Waals surface area contributed by atoms with Crippen molar-refractivity contribution in [1.82, 2.24) is 10.3 Å². The second kappa shape index (κ2) is 8.71. The Hall–Kier alpha value is -1.82. The predicted octanol–water partition coefficient (Wildman–Crippen LogP) is 4.00. The smallest absolute Gasteiger partial charge is 0.270 e. The van der Waals surface area contributed by atoms with Crippen molar-refractivity contribution >= 4 is 29.1 Å². The number of hydrogen-bond acceptors (Lipinski definition) is 4. The number of benzene rings is 1. The Morgan fingerprint density at radius 3 is 2.69 bits per heavy atom. The average molecular weight is 395 g/mol. The van der Waals surface area contributed by atoms with E-state index in [1.807, 2.05) is 18.2 Å². The van der Waals surface area contributed by atoms with Gasteiger partial charge in [0.25, 0.3) is 5.91 Å². The minimum absolute atomic E-state index is 0.0604. The molecule has 1 aliphatic rings. The third-order valence-electron chi connectivity index (χ3n) is 4.37. The van der Waals surface area contributed by atoms with Crippen LogP contribution >= 0.6 is 23.2 Å². The van der Waals surface area contributed by atoms with Gasteiger partial charge in [0.1, 0.15) is 12.3 Å². The molecule has 1 saturated carbocycles. The quantitative estimate of drug-likeness (QED) is 0.803. The van der Waals surface area contributed by atoms with E-state index in [0.717, 1.165) is 18.4 Å². The second-order valence-corrected chi connectivity index (χ2v) is 7.24. The van der Waals surface area contributed by atoms with E-state index in [0.29, 0.717) is 35.2 Å². The molecule has 0 radical (unpaired) electrons. The maximum absolute atomic E-state index is 12.3. The number of aliphatic hydroxyl groups excluding tert-OH is 1. The number of halogens is 2. The van der Waals surface area contributed by atoms with Crippen molar-refractivity contribution in [2.24, 2.45) is 0 Å². The zero-order valence-corrected chi connectivity index (χ0v) is 15.6. The molecule has 5 nitrogen and oxygen atoms in total. The van der Waals surface area contributed by atoms with Crippen LogP contribution < -0.4 is 10.1 Å². The number of aliphatic hydroxyl groups is 1. The molecule has 26 heavy (non-hydrogen) atoms. The number of carbonyl (C=O) groups is 1. The van der Waals surface area contributed by atoms with Crippen LogP contribution in [0.5, 0.6) is 5.75 Å². The maximum atomic E-state index is 12.3. The molecule has 2 N–H and O–H groups in total. The molecule has 1 aromatic carbocycles. The number of pyridine rings is 1. The van der Waals surface area contributed by atoms with Crippen molar-refractivity contribution in [2.45, 2.75) is 44.4 Å². The summed E-state index contributed by atoms with van der Waals surface area (Å²) in [5, 5.41) is 13.4. The van der Waals surface area contributed by atoms with Gasteiger partial charge in [0.2, 0.25) is 0 Å². The lowest BCUT2D eigenvalue weighted by atomic mass is 9.93. The molecule has 7 heteroatoms. The van der Waals surface area contributed by atoms with Crippen molar-refractivity contribution in [3.63, 3.8) is 0 Å². The first-order chi connectivity index (χ1) is 12.5. The molecule has 0 unspecified atom stereocenters. The normalized spacial score (nSPS) is 19.8. The SMILES string of the molecule is O=C(NC1CCC(O)CC1)c1cc(Cl)c(OCc2cccc(Cl)c2)cn1. The molecule has 0 aliphatic heterocycles. The minimum Gasteiger partial charge on any atom is -0.486 e. The van der Waals surface area contributed by atoms with Crippen molar-refractivity contribution < 1.29 is 14.6 Å². The van der Waals surface area contributed by atoms with Gasteiger partial charge in [-0.25, -0.2) is 4.98 Å². The van der Waals surface area contributed by atoms with E-state index in [-0.39, 0.29) is 23.7 Å². The number of aromatic nitrogens is 1. The van der Waals surface area contributed by atoms with Gasteiger partial charge in [0.05, 0.1) is 17.3 Å². The van der Waals surface area contributed by atoms with Crippen LogP contribution in [0.4, 0.5) is 0 Å². The van der Waals surface area contributed by atoms with E-state index < -0.39 is 0 Å². The Kier molecular flexibility index (Phi) is 6.35. The Bertz CT molecular complexity index is 777. The van der Waals surface area contributed by atoms with Crippen LogP contribution in [0.25, 0.3) is 0 Å². The molecule has 1 fully saturated rings. The van der Waals surface area contributed by atoms with Crippen LogP contribution in [0.2, 0.25) is 10.0 Å². The minimum atomic E-state index is -0.269. The molecular formula is C19H20Cl2N2O3. The predicted molar refractivity (Wildman–Crippen MR) is 101 cm³/mol. The molecule has 0 atom stereocenters. The van der Waals surface area contributed by atoms with E-state index in [4.69, 9.17) is 27.9 Å². The topological polar surface area (TPSA) is 71.5 Å². The second-order valence-electron chi connectivity index (χ2n) is 6.40. The molecule has 0 spiro atoms. The number of amides is 1. The maximum Gasteiger partial charge on any atom is 0.270 e. The van der Waals surface area contributed by atoms with Crippen LogP contribution in [0.1, 0.15) is 41.7 Å². The fourth-order valence-corrected chi connectivity index (χ4v) is 3.34. The number of rotatable bonds is 5. The Labute approximate surface area is 162 Å². The summed E-state index contributed by atoms with van der Waals surface area (Å²) in [6.45, 7) is 0.303. The number of nitrogens with zero attached hydrogens (tertiary/aromatic N) is 1. The lowest BCUT2D eigenvalue weighted by molar-refractivity contribution is 0.0863. The van der Waals surface area contributed by atoms with E-state index in [2.05, 4.69) is 10.3 Å². The van der Waals surface area contributed by atoms with Crippen LogP contribution in [0, 0.1) is 0 Å². The summed E-state index contributed by atoms with van der Waals surface area (Å²) in [5.41, 5.74) is 1.16. The van der Waals surface area contributed by atoms with Gasteiger partial charge in [-0.15, -0.1) is 0 Å². The molecule has 0 bridgehead atoms. The summed E-state index contributed by atoms with van der Waals surface area (Å²) >= 11 is 12.2. The number of hydrogen-bond donors (Lipinski definition) is 2. The Morgan fingerprint density at radius 1 is 1.23 bits per heavy atom. The summed E-state index contributed by atoms with van der Waals surface area (Å²) in [4.78, 5) is 16.5. The molecule has 1 aliphatic carbocycles. The molecule has 2 aromatic rings.